The highest BCUT2D eigenvalue weighted by Crippen LogP contribution is 2.43. The smallest absolute Gasteiger partial charge is 0.219 e. The molecule has 6 rings (SSSR count). The molecule has 8 heteroatoms. The number of hydrogen-bond donors (Lipinski definition) is 0. The zero-order valence-electron chi connectivity index (χ0n) is 20.2. The van der Waals surface area contributed by atoms with Crippen molar-refractivity contribution >= 4 is 17.4 Å². The minimum Gasteiger partial charge on any atom is -0.379 e. The van der Waals surface area contributed by atoms with E-state index in [9.17, 15) is 4.79 Å². The average Bonchev–Trinajstić information content (AvgIpc) is 3.59. The zero-order chi connectivity index (χ0) is 23.4. The van der Waals surface area contributed by atoms with Gasteiger partial charge in [-0.2, -0.15) is 10.2 Å². The number of rotatable bonds is 3. The zero-order valence-corrected chi connectivity index (χ0v) is 20.2. The van der Waals surface area contributed by atoms with Crippen molar-refractivity contribution in [2.45, 2.75) is 51.6 Å². The molecule has 0 bridgehead atoms. The van der Waals surface area contributed by atoms with Gasteiger partial charge in [0.15, 0.2) is 5.82 Å². The van der Waals surface area contributed by atoms with Gasteiger partial charge in [-0.3, -0.25) is 14.2 Å². The highest BCUT2D eigenvalue weighted by Gasteiger charge is 2.34. The van der Waals surface area contributed by atoms with Crippen molar-refractivity contribution in [3.8, 4) is 11.1 Å². The van der Waals surface area contributed by atoms with E-state index >= 15 is 0 Å². The molecule has 34 heavy (non-hydrogen) atoms. The summed E-state index contributed by atoms with van der Waals surface area (Å²) in [4.78, 5) is 16.6. The van der Waals surface area contributed by atoms with Crippen LogP contribution in [0.4, 0.5) is 11.5 Å². The highest BCUT2D eigenvalue weighted by atomic mass is 16.5. The predicted molar refractivity (Wildman–Crippen MR) is 130 cm³/mol. The molecule has 1 aromatic carbocycles. The fraction of sp³-hybridized carbons (Fsp3) is 0.500. The number of ether oxygens (including phenoxy) is 1. The molecule has 178 valence electrons. The molecule has 0 aliphatic carbocycles. The first-order valence-electron chi connectivity index (χ1n) is 12.3. The van der Waals surface area contributed by atoms with E-state index in [1.807, 2.05) is 22.8 Å². The lowest BCUT2D eigenvalue weighted by Gasteiger charge is -2.35. The van der Waals surface area contributed by atoms with Crippen LogP contribution in [-0.2, 0) is 29.5 Å². The number of fused-ring (bicyclic) bond motifs is 2. The van der Waals surface area contributed by atoms with Gasteiger partial charge in [-0.15, -0.1) is 0 Å². The fourth-order valence-corrected chi connectivity index (χ4v) is 5.69. The minimum absolute atomic E-state index is 0.127. The molecule has 1 fully saturated rings. The van der Waals surface area contributed by atoms with Crippen molar-refractivity contribution in [3.63, 3.8) is 0 Å². The van der Waals surface area contributed by atoms with Gasteiger partial charge in [0.25, 0.3) is 0 Å². The summed E-state index contributed by atoms with van der Waals surface area (Å²) in [5, 5.41) is 9.56. The summed E-state index contributed by atoms with van der Waals surface area (Å²) in [7, 11) is 1.95. The second kappa shape index (κ2) is 8.27. The molecule has 0 N–H and O–H groups in total. The van der Waals surface area contributed by atoms with Crippen molar-refractivity contribution in [2.75, 3.05) is 31.2 Å². The fourth-order valence-electron chi connectivity index (χ4n) is 5.69. The molecule has 3 aliphatic rings. The maximum absolute atomic E-state index is 12.2. The third kappa shape index (κ3) is 3.52. The monoisotopic (exact) mass is 460 g/mol. The van der Waals surface area contributed by atoms with E-state index in [0.29, 0.717) is 19.1 Å². The molecule has 0 radical (unpaired) electrons. The molecule has 3 aliphatic heterocycles. The summed E-state index contributed by atoms with van der Waals surface area (Å²) in [6.07, 6.45) is 6.88. The van der Waals surface area contributed by atoms with Crippen LogP contribution in [0, 0.1) is 0 Å². The quantitative estimate of drug-likeness (QED) is 0.595. The van der Waals surface area contributed by atoms with Crippen molar-refractivity contribution in [3.05, 3.63) is 47.4 Å². The minimum atomic E-state index is 0.127. The maximum Gasteiger partial charge on any atom is 0.219 e. The Hall–Kier alpha value is -3.13. The summed E-state index contributed by atoms with van der Waals surface area (Å²) in [6.45, 7) is 7.78. The normalized spacial score (nSPS) is 22.1. The van der Waals surface area contributed by atoms with Gasteiger partial charge in [0, 0.05) is 68.8 Å². The molecule has 5 heterocycles. The first kappa shape index (κ1) is 21.4. The Balaban J connectivity index is 1.44. The van der Waals surface area contributed by atoms with Crippen LogP contribution in [0.25, 0.3) is 11.1 Å². The summed E-state index contributed by atoms with van der Waals surface area (Å²) in [6, 6.07) is 7.03. The Bertz CT molecular complexity index is 1240. The summed E-state index contributed by atoms with van der Waals surface area (Å²) < 4.78 is 9.76. The number of carbonyl (C=O) groups excluding carboxylic acids is 1. The van der Waals surface area contributed by atoms with Crippen LogP contribution >= 0.6 is 0 Å². The molecular formula is C26H32N6O2. The third-order valence-electron chi connectivity index (χ3n) is 7.69. The second-order valence-corrected chi connectivity index (χ2v) is 9.92. The van der Waals surface area contributed by atoms with Gasteiger partial charge < -0.3 is 14.5 Å². The van der Waals surface area contributed by atoms with Gasteiger partial charge in [-0.05, 0) is 42.0 Å². The third-order valence-corrected chi connectivity index (χ3v) is 7.69. The summed E-state index contributed by atoms with van der Waals surface area (Å²) in [5.74, 6) is 1.61. The van der Waals surface area contributed by atoms with E-state index in [-0.39, 0.29) is 11.9 Å². The highest BCUT2D eigenvalue weighted by molar-refractivity contribution is 5.76. The lowest BCUT2D eigenvalue weighted by molar-refractivity contribution is -0.129. The van der Waals surface area contributed by atoms with E-state index in [0.717, 1.165) is 50.3 Å². The summed E-state index contributed by atoms with van der Waals surface area (Å²) in [5.41, 5.74) is 7.37. The van der Waals surface area contributed by atoms with Gasteiger partial charge >= 0.3 is 0 Å². The Morgan fingerprint density at radius 1 is 1.18 bits per heavy atom. The number of amides is 1. The van der Waals surface area contributed by atoms with Crippen molar-refractivity contribution in [1.29, 1.82) is 0 Å². The van der Waals surface area contributed by atoms with Crippen LogP contribution in [0.5, 0.6) is 0 Å². The van der Waals surface area contributed by atoms with Crippen molar-refractivity contribution in [2.24, 2.45) is 7.05 Å². The second-order valence-electron chi connectivity index (χ2n) is 9.92. The molecule has 8 nitrogen and oxygen atoms in total. The average molecular weight is 461 g/mol. The van der Waals surface area contributed by atoms with Gasteiger partial charge in [-0.25, -0.2) is 0 Å². The molecule has 1 amide bonds. The number of hydrogen-bond acceptors (Lipinski definition) is 5. The number of benzene rings is 1. The van der Waals surface area contributed by atoms with Crippen LogP contribution in [0.3, 0.4) is 0 Å². The lowest BCUT2D eigenvalue weighted by Crippen LogP contribution is -2.36. The number of aromatic nitrogens is 4. The van der Waals surface area contributed by atoms with Crippen LogP contribution < -0.4 is 4.90 Å². The lowest BCUT2D eigenvalue weighted by atomic mass is 9.89. The Morgan fingerprint density at radius 3 is 2.79 bits per heavy atom. The topological polar surface area (TPSA) is 68.4 Å². The van der Waals surface area contributed by atoms with Gasteiger partial charge in [0.05, 0.1) is 25.4 Å². The molecule has 0 saturated carbocycles. The van der Waals surface area contributed by atoms with E-state index < -0.39 is 0 Å². The van der Waals surface area contributed by atoms with Crippen molar-refractivity contribution in [1.82, 2.24) is 24.5 Å². The van der Waals surface area contributed by atoms with Gasteiger partial charge in [0.1, 0.15) is 0 Å². The number of aryl methyl sites for hydroxylation is 1. The largest absolute Gasteiger partial charge is 0.379 e. The van der Waals surface area contributed by atoms with Crippen LogP contribution in [0.15, 0.2) is 30.6 Å². The van der Waals surface area contributed by atoms with Crippen LogP contribution in [0.2, 0.25) is 0 Å². The number of anilines is 2. The Morgan fingerprint density at radius 2 is 2.06 bits per heavy atom. The molecule has 2 atom stereocenters. The molecule has 0 spiro atoms. The van der Waals surface area contributed by atoms with Crippen LogP contribution in [-0.4, -0.2) is 56.7 Å². The van der Waals surface area contributed by atoms with E-state index in [4.69, 9.17) is 9.84 Å². The number of carbonyl (C=O) groups is 1. The number of nitrogens with zero attached hydrogens (tertiary/aromatic N) is 6. The Kier molecular flexibility index (Phi) is 5.21. The molecule has 1 saturated heterocycles. The van der Waals surface area contributed by atoms with Crippen molar-refractivity contribution < 1.29 is 9.53 Å². The van der Waals surface area contributed by atoms with Gasteiger partial charge in [0.2, 0.25) is 5.91 Å². The molecule has 2 aromatic heterocycles. The predicted octanol–water partition coefficient (Wildman–Crippen LogP) is 3.79. The SMILES string of the molecule is CC(=O)N1CCc2c(c(N3CCC(C)c4cc(-c5cnn(C)c5)ccc43)nn2C2CCOC2)C1. The first-order valence-corrected chi connectivity index (χ1v) is 12.3. The molecular weight excluding hydrogens is 428 g/mol. The van der Waals surface area contributed by atoms with Crippen LogP contribution in [0.1, 0.15) is 55.5 Å². The van der Waals surface area contributed by atoms with E-state index in [1.54, 1.807) is 6.92 Å². The molecule has 3 aromatic rings. The standard InChI is InChI=1S/C26H32N6O2/c1-17-6-10-31(24-5-4-19(12-22(17)24)20-13-27-29(3)14-20)26-23-15-30(18(2)33)9-7-25(23)32(28-26)21-8-11-34-16-21/h4-5,12-14,17,21H,6-11,15-16H2,1-3H3. The maximum atomic E-state index is 12.2. The van der Waals surface area contributed by atoms with E-state index in [2.05, 4.69) is 46.0 Å². The van der Waals surface area contributed by atoms with Gasteiger partial charge in [-0.1, -0.05) is 13.0 Å². The first-order chi connectivity index (χ1) is 16.5. The molecule has 2 unspecified atom stereocenters. The Labute approximate surface area is 200 Å². The summed E-state index contributed by atoms with van der Waals surface area (Å²) >= 11 is 0. The van der Waals surface area contributed by atoms with E-state index in [1.165, 1.54) is 28.1 Å².